The Kier molecular flexibility index (Phi) is 12.3. The maximum atomic E-state index is 10.8. The lowest BCUT2D eigenvalue weighted by Gasteiger charge is -2.10. The topological polar surface area (TPSA) is 235 Å². The van der Waals surface area contributed by atoms with Crippen LogP contribution in [-0.4, -0.2) is 33.5 Å². The number of carbonyl (C=O) groups excluding carboxylic acids is 1. The van der Waals surface area contributed by atoms with Gasteiger partial charge in [-0.2, -0.15) is 0 Å². The van der Waals surface area contributed by atoms with E-state index in [0.29, 0.717) is 0 Å². The summed E-state index contributed by atoms with van der Waals surface area (Å²) in [6, 6.07) is 10.5. The number of hydrogen-bond acceptors (Lipinski definition) is 5. The number of nitrogens with one attached hydrogen (secondary N) is 3. The van der Waals surface area contributed by atoms with Crippen LogP contribution in [0.4, 0.5) is 11.4 Å². The molecular weight excluding hydrogens is 386 g/mol. The monoisotopic (exact) mass is 407 g/mol. The summed E-state index contributed by atoms with van der Waals surface area (Å²) >= 11 is 0. The van der Waals surface area contributed by atoms with Gasteiger partial charge < -0.3 is 41.9 Å². The summed E-state index contributed by atoms with van der Waals surface area (Å²) in [4.78, 5) is 26.6. The number of carboxylic acid groups (broad SMARTS) is 2. The van der Waals surface area contributed by atoms with Crippen molar-refractivity contribution >= 4 is 23.3 Å². The van der Waals surface area contributed by atoms with Crippen molar-refractivity contribution in [3.63, 3.8) is 0 Å². The van der Waals surface area contributed by atoms with E-state index in [0.717, 1.165) is 29.6 Å². The van der Waals surface area contributed by atoms with Gasteiger partial charge >= 0.3 is 5.97 Å². The van der Waals surface area contributed by atoms with E-state index >= 15 is 0 Å². The van der Waals surface area contributed by atoms with Gasteiger partial charge in [0, 0.05) is 24.3 Å². The van der Waals surface area contributed by atoms with E-state index in [1.807, 2.05) is 49.1 Å². The number of benzene rings is 1. The van der Waals surface area contributed by atoms with Crippen molar-refractivity contribution in [2.24, 2.45) is 0 Å². The van der Waals surface area contributed by atoms with E-state index in [9.17, 15) is 19.8 Å². The average molecular weight is 407 g/mol. The van der Waals surface area contributed by atoms with Crippen molar-refractivity contribution < 1.29 is 51.3 Å². The number of pyridine rings is 2. The molecule has 2 heterocycles. The molecule has 11 nitrogen and oxygen atoms in total. The number of carbonyl (C=O) groups is 2. The summed E-state index contributed by atoms with van der Waals surface area (Å²) in [6.07, 6.45) is 7.55. The van der Waals surface area contributed by atoms with E-state index in [2.05, 4.69) is 15.3 Å². The maximum Gasteiger partial charge on any atom is 0.335 e. The van der Waals surface area contributed by atoms with E-state index in [4.69, 9.17) is 5.11 Å². The zero-order chi connectivity index (χ0) is 18.9. The first-order valence-electron chi connectivity index (χ1n) is 7.41. The lowest BCUT2D eigenvalue weighted by Crippen LogP contribution is -2.22. The van der Waals surface area contributed by atoms with E-state index < -0.39 is 23.3 Å². The molecule has 1 aromatic carbocycles. The number of rotatable bonds is 4. The Labute approximate surface area is 164 Å². The van der Waals surface area contributed by atoms with Crippen LogP contribution in [0.15, 0.2) is 67.3 Å². The molecule has 10 N–H and O–H groups in total. The lowest BCUT2D eigenvalue weighted by atomic mass is 10.1. The fraction of sp³-hybridized carbons (Fsp3) is 0. The third kappa shape index (κ3) is 8.92. The zero-order valence-electron chi connectivity index (χ0n) is 14.9. The molecule has 0 saturated carbocycles. The molecule has 3 aromatic rings. The molecule has 2 aromatic heterocycles. The fourth-order valence-corrected chi connectivity index (χ4v) is 1.95. The highest BCUT2D eigenvalue weighted by molar-refractivity contribution is 5.93. The Morgan fingerprint density at radius 3 is 1.59 bits per heavy atom. The summed E-state index contributed by atoms with van der Waals surface area (Å²) in [7, 11) is 0. The third-order valence-corrected chi connectivity index (χ3v) is 3.11. The maximum absolute atomic E-state index is 10.8. The molecule has 0 amide bonds. The molecule has 0 unspecified atom stereocenters. The second kappa shape index (κ2) is 13.2. The van der Waals surface area contributed by atoms with Gasteiger partial charge in [0.2, 0.25) is 0 Å². The van der Waals surface area contributed by atoms with Gasteiger partial charge in [0.1, 0.15) is 0 Å². The summed E-state index contributed by atoms with van der Waals surface area (Å²) in [5.74, 6) is -3.58. The molecule has 0 saturated heterocycles. The number of aromatic nitrogens is 2. The minimum absolute atomic E-state index is 0. The van der Waals surface area contributed by atoms with E-state index in [1.54, 1.807) is 0 Å². The Bertz CT molecular complexity index is 822. The highest BCUT2D eigenvalue weighted by Crippen LogP contribution is 2.13. The Morgan fingerprint density at radius 1 is 0.793 bits per heavy atom. The van der Waals surface area contributed by atoms with Gasteiger partial charge in [0.25, 0.3) is 0 Å². The Morgan fingerprint density at radius 2 is 1.21 bits per heavy atom. The summed E-state index contributed by atoms with van der Waals surface area (Å²) < 4.78 is 0. The van der Waals surface area contributed by atoms with Crippen LogP contribution in [0.2, 0.25) is 0 Å². The van der Waals surface area contributed by atoms with Crippen LogP contribution in [-0.2, 0) is 0 Å². The smallest absolute Gasteiger partial charge is 0.335 e. The number of H-pyrrole nitrogens is 2. The molecule has 0 aliphatic carbocycles. The molecule has 0 bridgehead atoms. The summed E-state index contributed by atoms with van der Waals surface area (Å²) in [5, 5.41) is 32.8. The second-order valence-corrected chi connectivity index (χ2v) is 5.04. The van der Waals surface area contributed by atoms with Crippen LogP contribution < -0.4 is 25.5 Å². The molecule has 11 heteroatoms. The summed E-state index contributed by atoms with van der Waals surface area (Å²) in [6.45, 7) is 0. The molecule has 0 aliphatic heterocycles. The van der Waals surface area contributed by atoms with Gasteiger partial charge in [0.15, 0.2) is 24.8 Å². The fourth-order valence-electron chi connectivity index (χ4n) is 1.95. The average Bonchev–Trinajstić information content (AvgIpc) is 2.63. The first-order valence-corrected chi connectivity index (χ1v) is 7.41. The molecule has 156 valence electrons. The van der Waals surface area contributed by atoms with Gasteiger partial charge in [0.05, 0.1) is 22.9 Å². The number of anilines is 2. The van der Waals surface area contributed by atoms with Crippen molar-refractivity contribution in [1.82, 2.24) is 0 Å². The standard InChI is InChI=1S/C10H9N3.C8H6O5.3H2O/c1-5-11-6-2-9(1)13-10-3-7-12-8-4-10;9-6-2-4(7(10)11)1-5(3-6)8(12)13;;;/h1-8H,(H,11,12,13);1-3,9H,(H,10,11)(H,12,13);3*1H2. The van der Waals surface area contributed by atoms with Crippen LogP contribution in [0, 0.1) is 0 Å². The van der Waals surface area contributed by atoms with Crippen molar-refractivity contribution in [1.29, 1.82) is 0 Å². The van der Waals surface area contributed by atoms with Crippen LogP contribution in [0.5, 0.6) is 5.75 Å². The van der Waals surface area contributed by atoms with Gasteiger partial charge in [-0.3, -0.25) is 0 Å². The first-order chi connectivity index (χ1) is 12.5. The van der Waals surface area contributed by atoms with E-state index in [1.165, 1.54) is 0 Å². The largest absolute Gasteiger partial charge is 0.872 e. The molecular formula is C18H21N3O8. The molecule has 0 atom stereocenters. The van der Waals surface area contributed by atoms with Gasteiger partial charge in [-0.05, 0) is 11.6 Å². The Balaban J connectivity index is 0. The minimum atomic E-state index is -1.57. The van der Waals surface area contributed by atoms with Gasteiger partial charge in [-0.15, -0.1) is 5.75 Å². The molecule has 0 spiro atoms. The second-order valence-electron chi connectivity index (χ2n) is 5.04. The van der Waals surface area contributed by atoms with E-state index in [-0.39, 0.29) is 22.0 Å². The number of aromatic carboxylic acids is 2. The predicted octanol–water partition coefficient (Wildman–Crippen LogP) is -2.59. The highest BCUT2D eigenvalue weighted by Gasteiger charge is 2.03. The number of aromatic amines is 2. The van der Waals surface area contributed by atoms with Crippen molar-refractivity contribution in [3.8, 4) is 5.75 Å². The number of hydrogen-bond donors (Lipinski definition) is 2. The molecule has 3 rings (SSSR count). The van der Waals surface area contributed by atoms with Gasteiger partial charge in [-0.1, -0.05) is 12.1 Å². The lowest BCUT2D eigenvalue weighted by molar-refractivity contribution is -0.378. The number of carboxylic acids is 2. The normalized spacial score (nSPS) is 8.55. The third-order valence-electron chi connectivity index (χ3n) is 3.11. The molecule has 0 radical (unpaired) electrons. The minimum Gasteiger partial charge on any atom is -0.872 e. The molecule has 29 heavy (non-hydrogen) atoms. The Hall–Kier alpha value is -4.06. The van der Waals surface area contributed by atoms with Crippen LogP contribution in [0.1, 0.15) is 20.7 Å². The zero-order valence-corrected chi connectivity index (χ0v) is 14.9. The van der Waals surface area contributed by atoms with Crippen molar-refractivity contribution in [3.05, 3.63) is 78.4 Å². The van der Waals surface area contributed by atoms with Crippen LogP contribution >= 0.6 is 0 Å². The molecule has 0 fully saturated rings. The summed E-state index contributed by atoms with van der Waals surface area (Å²) in [5.41, 5.74) is 1.37. The van der Waals surface area contributed by atoms with Gasteiger partial charge in [-0.25, -0.2) is 14.8 Å². The van der Waals surface area contributed by atoms with Crippen LogP contribution in [0.3, 0.4) is 0 Å². The SMILES string of the molecule is O.O.O.O=C([O-])c1cc([O-])cc(C(=O)O)c1.c1cc(Nc2cc[nH+]cc2)cc[nH+]1. The quantitative estimate of drug-likeness (QED) is 0.470. The van der Waals surface area contributed by atoms with Crippen molar-refractivity contribution in [2.75, 3.05) is 5.32 Å². The predicted molar refractivity (Wildman–Crippen MR) is 97.3 cm³/mol. The first kappa shape index (κ1) is 27.2. The van der Waals surface area contributed by atoms with Crippen LogP contribution in [0.25, 0.3) is 0 Å². The highest BCUT2D eigenvalue weighted by atomic mass is 16.4. The van der Waals surface area contributed by atoms with Crippen molar-refractivity contribution in [2.45, 2.75) is 0 Å². The molecule has 0 aliphatic rings.